The number of hydrogen-bond acceptors (Lipinski definition) is 4. The molecule has 0 unspecified atom stereocenters. The summed E-state index contributed by atoms with van der Waals surface area (Å²) in [6.07, 6.45) is 16.5. The van der Waals surface area contributed by atoms with Crippen LogP contribution in [0.5, 0.6) is 0 Å². The lowest BCUT2D eigenvalue weighted by Gasteiger charge is -2.17. The Bertz CT molecular complexity index is 2380. The highest BCUT2D eigenvalue weighted by molar-refractivity contribution is 6.50. The van der Waals surface area contributed by atoms with E-state index in [-0.39, 0.29) is 12.4 Å². The fourth-order valence-electron chi connectivity index (χ4n) is 6.63. The normalized spacial score (nSPS) is 17.5. The zero-order valence-electron chi connectivity index (χ0n) is 26.4. The van der Waals surface area contributed by atoms with E-state index in [4.69, 9.17) is 20.0 Å². The van der Waals surface area contributed by atoms with Gasteiger partial charge < -0.3 is 0 Å². The lowest BCUT2D eigenvalue weighted by molar-refractivity contribution is 1.41. The molecule has 0 saturated heterocycles. The van der Waals surface area contributed by atoms with E-state index in [1.165, 1.54) is 0 Å². The number of aliphatic imine (C=N–C) groups is 4. The maximum atomic E-state index is 5.56. The van der Waals surface area contributed by atoms with Crippen molar-refractivity contribution in [2.24, 2.45) is 20.0 Å². The monoisotopic (exact) mass is 648 g/mol. The first-order valence-electron chi connectivity index (χ1n) is 16.1. The van der Waals surface area contributed by atoms with E-state index in [0.717, 1.165) is 90.2 Å². The van der Waals surface area contributed by atoms with Gasteiger partial charge in [-0.15, -0.1) is 12.4 Å². The molecule has 0 amide bonds. The highest BCUT2D eigenvalue weighted by atomic mass is 35.5. The predicted molar refractivity (Wildman–Crippen MR) is 207 cm³/mol. The van der Waals surface area contributed by atoms with Crippen molar-refractivity contribution in [2.45, 2.75) is 0 Å². The molecule has 0 radical (unpaired) electrons. The molecular weight excluding hydrogens is 620 g/mol. The summed E-state index contributed by atoms with van der Waals surface area (Å²) in [6, 6.07) is 42.1. The van der Waals surface area contributed by atoms with E-state index in [1.54, 1.807) is 0 Å². The van der Waals surface area contributed by atoms with Crippen molar-refractivity contribution >= 4 is 57.5 Å². The van der Waals surface area contributed by atoms with Crippen LogP contribution >= 0.6 is 12.4 Å². The van der Waals surface area contributed by atoms with Crippen LogP contribution in [0, 0.1) is 0 Å². The smallest absolute Gasteiger partial charge is 0.0822 e. The van der Waals surface area contributed by atoms with Crippen LogP contribution in [0.2, 0.25) is 0 Å². The number of halogens is 1. The quantitative estimate of drug-likeness (QED) is 0.211. The summed E-state index contributed by atoms with van der Waals surface area (Å²) in [6.45, 7) is 0. The van der Waals surface area contributed by atoms with Crippen LogP contribution in [0.4, 0.5) is 0 Å². The van der Waals surface area contributed by atoms with Gasteiger partial charge in [0.1, 0.15) is 0 Å². The minimum absolute atomic E-state index is 0. The van der Waals surface area contributed by atoms with Crippen molar-refractivity contribution in [2.75, 3.05) is 0 Å². The van der Waals surface area contributed by atoms with Crippen molar-refractivity contribution in [3.63, 3.8) is 0 Å². The number of fused-ring (bicyclic) bond motifs is 4. The second kappa shape index (κ2) is 12.8. The molecule has 0 N–H and O–H groups in total. The summed E-state index contributed by atoms with van der Waals surface area (Å²) >= 11 is 0. The summed E-state index contributed by atoms with van der Waals surface area (Å²) in [5.41, 5.74) is 15.3. The van der Waals surface area contributed by atoms with Gasteiger partial charge in [0.2, 0.25) is 0 Å². The van der Waals surface area contributed by atoms with Gasteiger partial charge in [-0.1, -0.05) is 121 Å². The van der Waals surface area contributed by atoms with E-state index >= 15 is 0 Å². The van der Waals surface area contributed by atoms with E-state index < -0.39 is 0 Å². The summed E-state index contributed by atoms with van der Waals surface area (Å²) in [4.78, 5) is 20.8. The molecule has 5 heteroatoms. The molecule has 5 heterocycles. The van der Waals surface area contributed by atoms with Crippen molar-refractivity contribution in [1.29, 1.82) is 0 Å². The molecule has 8 bridgehead atoms. The standard InChI is InChI=1S/C44H28N4.ClH/c1-5-13-29(14-6-1)38-27-37-26-35-22-21-33(45-35)25-34-23-24-36(46-34)28-39-40(30-15-7-2-8-16-30)41(31-17-9-3-10-18-31)44(48-39)42(43(38)47-37)32-19-11-4-12-20-32;/h1-28H;1H. The van der Waals surface area contributed by atoms with Gasteiger partial charge in [-0.25, -0.2) is 20.0 Å². The molecule has 49 heavy (non-hydrogen) atoms. The zero-order valence-corrected chi connectivity index (χ0v) is 27.2. The average molecular weight is 649 g/mol. The van der Waals surface area contributed by atoms with E-state index in [9.17, 15) is 0 Å². The van der Waals surface area contributed by atoms with E-state index in [2.05, 4.69) is 133 Å². The van der Waals surface area contributed by atoms with Crippen LogP contribution < -0.4 is 0 Å². The van der Waals surface area contributed by atoms with Crippen LogP contribution in [-0.4, -0.2) is 22.8 Å². The Morgan fingerprint density at radius 1 is 0.347 bits per heavy atom. The minimum atomic E-state index is 0. The van der Waals surface area contributed by atoms with Gasteiger partial charge in [0, 0.05) is 22.3 Å². The maximum absolute atomic E-state index is 5.56. The van der Waals surface area contributed by atoms with Gasteiger partial charge in [0.25, 0.3) is 0 Å². The third kappa shape index (κ3) is 5.69. The Morgan fingerprint density at radius 3 is 1.39 bits per heavy atom. The average Bonchev–Trinajstić information content (AvgIpc) is 3.94. The summed E-state index contributed by atoms with van der Waals surface area (Å²) < 4.78 is 0. The first-order chi connectivity index (χ1) is 23.8. The maximum Gasteiger partial charge on any atom is 0.0822 e. The number of rotatable bonds is 4. The van der Waals surface area contributed by atoms with Crippen molar-refractivity contribution in [1.82, 2.24) is 0 Å². The highest BCUT2D eigenvalue weighted by Crippen LogP contribution is 2.46. The van der Waals surface area contributed by atoms with E-state index in [0.29, 0.717) is 0 Å². The molecule has 4 aromatic carbocycles. The molecule has 0 atom stereocenters. The van der Waals surface area contributed by atoms with E-state index in [1.807, 2.05) is 36.4 Å². The van der Waals surface area contributed by atoms with Gasteiger partial charge in [0.05, 0.1) is 45.6 Å². The summed E-state index contributed by atoms with van der Waals surface area (Å²) in [5.74, 6) is 0. The van der Waals surface area contributed by atoms with Gasteiger partial charge in [-0.2, -0.15) is 0 Å². The first kappa shape index (κ1) is 30.1. The highest BCUT2D eigenvalue weighted by Gasteiger charge is 2.32. The molecule has 232 valence electrons. The SMILES string of the molecule is C1=CC2=NC1=CC1=NC(=C(c3ccccc3)C3=NC(=CC4=NC(=C2)C=C4)C=C3c2ccccc2)C(c2ccccc2)=C1c1ccccc1.Cl. The molecule has 4 aromatic rings. The first-order valence-corrected chi connectivity index (χ1v) is 16.1. The molecule has 5 aliphatic rings. The van der Waals surface area contributed by atoms with Crippen molar-refractivity contribution in [3.05, 3.63) is 215 Å². The molecule has 5 aliphatic heterocycles. The van der Waals surface area contributed by atoms with Crippen LogP contribution in [0.15, 0.2) is 213 Å². The minimum Gasteiger partial charge on any atom is -0.249 e. The lowest BCUT2D eigenvalue weighted by Crippen LogP contribution is -2.07. The molecule has 0 saturated carbocycles. The number of allylic oxidation sites excluding steroid dienone is 12. The van der Waals surface area contributed by atoms with Crippen LogP contribution in [-0.2, 0) is 0 Å². The molecule has 0 spiro atoms. The second-order valence-electron chi connectivity index (χ2n) is 11.9. The molecule has 0 fully saturated rings. The van der Waals surface area contributed by atoms with Crippen LogP contribution in [0.25, 0.3) is 22.3 Å². The fraction of sp³-hybridized carbons (Fsp3) is 0. The molecule has 0 aromatic heterocycles. The van der Waals surface area contributed by atoms with Gasteiger partial charge in [-0.05, 0) is 70.9 Å². The Morgan fingerprint density at radius 2 is 0.816 bits per heavy atom. The zero-order chi connectivity index (χ0) is 31.9. The summed E-state index contributed by atoms with van der Waals surface area (Å²) in [5, 5.41) is 0. The third-order valence-electron chi connectivity index (χ3n) is 8.75. The Kier molecular flexibility index (Phi) is 7.84. The van der Waals surface area contributed by atoms with Gasteiger partial charge in [0.15, 0.2) is 0 Å². The lowest BCUT2D eigenvalue weighted by atomic mass is 9.86. The number of hydrogen-bond donors (Lipinski definition) is 0. The molecule has 9 rings (SSSR count). The molecule has 0 aliphatic carbocycles. The molecule has 4 nitrogen and oxygen atoms in total. The van der Waals surface area contributed by atoms with Crippen LogP contribution in [0.1, 0.15) is 22.3 Å². The Hall–Kier alpha value is -6.23. The van der Waals surface area contributed by atoms with Crippen molar-refractivity contribution in [3.8, 4) is 0 Å². The Labute approximate surface area is 291 Å². The fourth-order valence-corrected chi connectivity index (χ4v) is 6.63. The molecular formula is C44H29ClN4. The number of nitrogens with zero attached hydrogens (tertiary/aromatic N) is 4. The van der Waals surface area contributed by atoms with Gasteiger partial charge >= 0.3 is 0 Å². The second-order valence-corrected chi connectivity index (χ2v) is 11.9. The van der Waals surface area contributed by atoms with Gasteiger partial charge in [-0.3, -0.25) is 0 Å². The predicted octanol–water partition coefficient (Wildman–Crippen LogP) is 10.1. The Balaban J connectivity index is 0.00000348. The van der Waals surface area contributed by atoms with Crippen molar-refractivity contribution < 1.29 is 0 Å². The third-order valence-corrected chi connectivity index (χ3v) is 8.75. The number of benzene rings is 4. The van der Waals surface area contributed by atoms with Crippen LogP contribution in [0.3, 0.4) is 0 Å². The topological polar surface area (TPSA) is 49.4 Å². The summed E-state index contributed by atoms with van der Waals surface area (Å²) in [7, 11) is 0. The largest absolute Gasteiger partial charge is 0.249 e.